The molecule has 0 aliphatic rings. The van der Waals surface area contributed by atoms with Gasteiger partial charge < -0.3 is 23.7 Å². The van der Waals surface area contributed by atoms with Crippen molar-refractivity contribution in [2.45, 2.75) is 129 Å². The quantitative estimate of drug-likeness (QED) is 0.243. The van der Waals surface area contributed by atoms with E-state index in [1.54, 1.807) is 28.4 Å². The molecule has 0 atom stereocenters. The summed E-state index contributed by atoms with van der Waals surface area (Å²) in [6, 6.07) is 0. The second-order valence-electron chi connectivity index (χ2n) is 7.15. The molecule has 0 N–H and O–H groups in total. The van der Waals surface area contributed by atoms with Crippen molar-refractivity contribution >= 4 is 0 Å². The van der Waals surface area contributed by atoms with Crippen molar-refractivity contribution in [1.82, 2.24) is 0 Å². The van der Waals surface area contributed by atoms with Crippen LogP contribution in [0.3, 0.4) is 0 Å². The molecule has 0 aromatic carbocycles. The summed E-state index contributed by atoms with van der Waals surface area (Å²) < 4.78 is 24.3. The van der Waals surface area contributed by atoms with E-state index in [1.165, 1.54) is 0 Å². The van der Waals surface area contributed by atoms with Gasteiger partial charge in [0.05, 0.1) is 13.2 Å². The van der Waals surface area contributed by atoms with E-state index in [2.05, 4.69) is 48.5 Å². The molecule has 0 fully saturated rings. The van der Waals surface area contributed by atoms with Gasteiger partial charge in [0.25, 0.3) is 0 Å². The van der Waals surface area contributed by atoms with E-state index in [-0.39, 0.29) is 74.3 Å². The maximum atomic E-state index is 5.21. The Hall–Kier alpha value is -0.200. The van der Waals surface area contributed by atoms with Crippen molar-refractivity contribution in [3.8, 4) is 0 Å². The Morgan fingerprint density at radius 3 is 0.778 bits per heavy atom. The minimum Gasteiger partial charge on any atom is -0.385 e. The van der Waals surface area contributed by atoms with Crippen molar-refractivity contribution in [1.29, 1.82) is 0 Å². The van der Waals surface area contributed by atoms with Gasteiger partial charge >= 0.3 is 0 Å². The average molecular weight is 543 g/mol. The summed E-state index contributed by atoms with van der Waals surface area (Å²) in [4.78, 5) is 0. The lowest BCUT2D eigenvalue weighted by molar-refractivity contribution is 0.0572. The third-order valence-corrected chi connectivity index (χ3v) is 2.29. The molecule has 0 amide bonds. The van der Waals surface area contributed by atoms with Crippen molar-refractivity contribution in [2.75, 3.05) is 68.1 Å². The topological polar surface area (TPSA) is 46.2 Å². The molecule has 5 nitrogen and oxygen atoms in total. The summed E-state index contributed by atoms with van der Waals surface area (Å²) >= 11 is 0. The summed E-state index contributed by atoms with van der Waals surface area (Å²) in [5, 5.41) is 0. The van der Waals surface area contributed by atoms with Crippen LogP contribution in [0.1, 0.15) is 129 Å². The van der Waals surface area contributed by atoms with Crippen LogP contribution in [0.2, 0.25) is 0 Å². The molecule has 244 valence electrons. The van der Waals surface area contributed by atoms with Gasteiger partial charge in [0.1, 0.15) is 0 Å². The second kappa shape index (κ2) is 91.9. The van der Waals surface area contributed by atoms with E-state index in [4.69, 9.17) is 23.7 Å². The largest absolute Gasteiger partial charge is 0.385 e. The maximum absolute atomic E-state index is 5.21. The third kappa shape index (κ3) is 191. The van der Waals surface area contributed by atoms with Gasteiger partial charge in [-0.3, -0.25) is 0 Å². The fraction of sp³-hybridized carbons (Fsp3) is 1.00. The van der Waals surface area contributed by atoms with Crippen molar-refractivity contribution in [3.05, 3.63) is 0 Å². The summed E-state index contributed by atoms with van der Waals surface area (Å²) in [5.41, 5.74) is 0. The summed E-state index contributed by atoms with van der Waals surface area (Å²) in [6.07, 6.45) is 1.12. The lowest BCUT2D eigenvalue weighted by Crippen LogP contribution is -2.06. The fourth-order valence-corrected chi connectivity index (χ4v) is 1.33. The van der Waals surface area contributed by atoms with Crippen molar-refractivity contribution < 1.29 is 23.7 Å². The zero-order chi connectivity index (χ0) is 21.2. The highest BCUT2D eigenvalue weighted by atomic mass is 16.5. The van der Waals surface area contributed by atoms with Crippen molar-refractivity contribution in [2.24, 2.45) is 17.8 Å². The van der Waals surface area contributed by atoms with Crippen LogP contribution in [0.4, 0.5) is 0 Å². The summed E-state index contributed by atoms with van der Waals surface area (Å²) in [7, 11) is 6.84. The Morgan fingerprint density at radius 2 is 0.667 bits per heavy atom. The van der Waals surface area contributed by atoms with E-state index in [0.717, 1.165) is 32.8 Å². The first-order chi connectivity index (χ1) is 12.2. The van der Waals surface area contributed by atoms with Crippen LogP contribution >= 0.6 is 0 Å². The Kier molecular flexibility index (Phi) is 233. The van der Waals surface area contributed by atoms with Crippen LogP contribution in [0.5, 0.6) is 0 Å². The number of hydrogen-bond donors (Lipinski definition) is 0. The summed E-state index contributed by atoms with van der Waals surface area (Å²) in [6.45, 7) is 19.8. The van der Waals surface area contributed by atoms with Crippen LogP contribution < -0.4 is 0 Å². The number of methoxy groups -OCH3 is 4. The molecule has 0 aliphatic heterocycles. The molecule has 0 aromatic heterocycles. The SMILES string of the molecule is C.C.C.C.C.C.C.C.C.C.CCCOC.COCC(C)C.COCC(C)C.COCCOCC(C)C. The standard InChI is InChI=1S/C7H16O2.2C5H12O.C4H10O.10CH4/c1-7(2)6-9-5-4-8-3;2*1-5(2)4-6-3;1-3-4-5-2;;;;;;;;;;/h7H,4-6H2,1-3H3;2*5H,4H2,1-3H3;3-4H2,1-2H3;10*1H4. The van der Waals surface area contributed by atoms with Gasteiger partial charge in [-0.25, -0.2) is 0 Å². The minimum atomic E-state index is 0. The van der Waals surface area contributed by atoms with Crippen molar-refractivity contribution in [3.63, 3.8) is 0 Å². The molecule has 0 saturated carbocycles. The zero-order valence-electron chi connectivity index (χ0n) is 19.7. The molecular weight excluding hydrogens is 452 g/mol. The van der Waals surface area contributed by atoms with E-state index >= 15 is 0 Å². The molecule has 36 heavy (non-hydrogen) atoms. The third-order valence-electron chi connectivity index (χ3n) is 2.29. The molecule has 0 heterocycles. The molecule has 0 spiro atoms. The fourth-order valence-electron chi connectivity index (χ4n) is 1.33. The van der Waals surface area contributed by atoms with Gasteiger partial charge in [0, 0.05) is 54.9 Å². The van der Waals surface area contributed by atoms with Crippen LogP contribution in [0.15, 0.2) is 0 Å². The molecular formula is C31H90O5. The highest BCUT2D eigenvalue weighted by Gasteiger charge is 1.91. The van der Waals surface area contributed by atoms with E-state index in [0.29, 0.717) is 31.0 Å². The molecule has 0 radical (unpaired) electrons. The monoisotopic (exact) mass is 543 g/mol. The predicted molar refractivity (Wildman–Crippen MR) is 180 cm³/mol. The van der Waals surface area contributed by atoms with Gasteiger partial charge in [-0.2, -0.15) is 0 Å². The smallest absolute Gasteiger partial charge is 0.0700 e. The average Bonchev–Trinajstić information content (AvgIpc) is 2.54. The van der Waals surface area contributed by atoms with E-state index in [1.807, 2.05) is 0 Å². The van der Waals surface area contributed by atoms with Crippen LogP contribution in [-0.2, 0) is 23.7 Å². The van der Waals surface area contributed by atoms with Gasteiger partial charge in [-0.15, -0.1) is 0 Å². The Balaban J connectivity index is -0.0000000139. The van der Waals surface area contributed by atoms with Gasteiger partial charge in [0.15, 0.2) is 0 Å². The Morgan fingerprint density at radius 1 is 0.389 bits per heavy atom. The summed E-state index contributed by atoms with van der Waals surface area (Å²) in [5.74, 6) is 1.98. The normalized spacial score (nSPS) is 7.17. The molecule has 0 unspecified atom stereocenters. The molecule has 0 aromatic rings. The lowest BCUT2D eigenvalue weighted by atomic mass is 10.2. The van der Waals surface area contributed by atoms with Gasteiger partial charge in [-0.05, 0) is 24.2 Å². The molecule has 5 heteroatoms. The minimum absolute atomic E-state index is 0. The zero-order valence-corrected chi connectivity index (χ0v) is 19.7. The molecule has 0 saturated heterocycles. The highest BCUT2D eigenvalue weighted by molar-refractivity contribution is 4.38. The van der Waals surface area contributed by atoms with Gasteiger partial charge in [0.2, 0.25) is 0 Å². The number of hydrogen-bond acceptors (Lipinski definition) is 5. The number of ether oxygens (including phenoxy) is 5. The molecule has 0 rings (SSSR count). The first kappa shape index (κ1) is 91.2. The highest BCUT2D eigenvalue weighted by Crippen LogP contribution is 1.91. The first-order valence-corrected chi connectivity index (χ1v) is 9.76. The Labute approximate surface area is 238 Å². The second-order valence-corrected chi connectivity index (χ2v) is 7.15. The first-order valence-electron chi connectivity index (χ1n) is 9.76. The molecule has 0 bridgehead atoms. The van der Waals surface area contributed by atoms with Crippen LogP contribution in [0, 0.1) is 17.8 Å². The van der Waals surface area contributed by atoms with Crippen LogP contribution in [0.25, 0.3) is 0 Å². The number of rotatable bonds is 11. The molecule has 0 aliphatic carbocycles. The van der Waals surface area contributed by atoms with Gasteiger partial charge in [-0.1, -0.05) is 123 Å². The lowest BCUT2D eigenvalue weighted by Gasteiger charge is -2.04. The maximum Gasteiger partial charge on any atom is 0.0700 e. The Bertz CT molecular complexity index is 187. The predicted octanol–water partition coefficient (Wildman–Crippen LogP) is 11.3. The van der Waals surface area contributed by atoms with E-state index < -0.39 is 0 Å². The van der Waals surface area contributed by atoms with Crippen LogP contribution in [-0.4, -0.2) is 68.1 Å². The van der Waals surface area contributed by atoms with E-state index in [9.17, 15) is 0 Å².